The van der Waals surface area contributed by atoms with Crippen molar-refractivity contribution in [2.45, 2.75) is 13.8 Å². The minimum atomic E-state index is 0.722. The second kappa shape index (κ2) is 2.58. The van der Waals surface area contributed by atoms with Gasteiger partial charge in [-0.1, -0.05) is 0 Å². The summed E-state index contributed by atoms with van der Waals surface area (Å²) >= 11 is 0. The molecule has 0 aromatic heterocycles. The fourth-order valence-corrected chi connectivity index (χ4v) is 0.755. The van der Waals surface area contributed by atoms with E-state index >= 15 is 0 Å². The van der Waals surface area contributed by atoms with Crippen LogP contribution in [0.1, 0.15) is 13.8 Å². The lowest BCUT2D eigenvalue weighted by Crippen LogP contribution is -1.85. The van der Waals surface area contributed by atoms with Gasteiger partial charge in [0, 0.05) is 17.6 Å². The summed E-state index contributed by atoms with van der Waals surface area (Å²) in [6.07, 6.45) is 3.80. The lowest BCUT2D eigenvalue weighted by Gasteiger charge is -1.86. The van der Waals surface area contributed by atoms with E-state index in [2.05, 4.69) is 9.98 Å². The molecule has 0 unspecified atom stereocenters. The molecule has 9 heavy (non-hydrogen) atoms. The highest BCUT2D eigenvalue weighted by Gasteiger charge is 1.90. The predicted octanol–water partition coefficient (Wildman–Crippen LogP) is 1.44. The van der Waals surface area contributed by atoms with Gasteiger partial charge in [-0.25, -0.2) is 0 Å². The molecule has 0 N–H and O–H groups in total. The molecule has 0 aliphatic carbocycles. The monoisotopic (exact) mass is 122 g/mol. The summed E-state index contributed by atoms with van der Waals surface area (Å²) < 4.78 is 0. The lowest BCUT2D eigenvalue weighted by atomic mass is 10.3. The molecule has 0 fully saturated rings. The molecular weight excluding hydrogens is 112 g/mol. The van der Waals surface area contributed by atoms with Crippen LogP contribution in [0.2, 0.25) is 0 Å². The van der Waals surface area contributed by atoms with Crippen LogP contribution in [0.3, 0.4) is 0 Å². The molecule has 0 aromatic carbocycles. The zero-order valence-corrected chi connectivity index (χ0v) is 5.76. The zero-order chi connectivity index (χ0) is 6.69. The first kappa shape index (κ1) is 6.20. The predicted molar refractivity (Wildman–Crippen MR) is 40.2 cm³/mol. The van der Waals surface area contributed by atoms with Crippen molar-refractivity contribution in [2.75, 3.05) is 6.54 Å². The van der Waals surface area contributed by atoms with Gasteiger partial charge >= 0.3 is 0 Å². The van der Waals surface area contributed by atoms with Crippen LogP contribution in [0.25, 0.3) is 0 Å². The van der Waals surface area contributed by atoms with E-state index in [1.165, 1.54) is 0 Å². The molecule has 2 nitrogen and oxygen atoms in total. The Labute approximate surface area is 55.0 Å². The van der Waals surface area contributed by atoms with E-state index in [1.54, 1.807) is 0 Å². The zero-order valence-electron chi connectivity index (χ0n) is 5.76. The Morgan fingerprint density at radius 3 is 3.00 bits per heavy atom. The summed E-state index contributed by atoms with van der Waals surface area (Å²) in [6, 6.07) is 0. The summed E-state index contributed by atoms with van der Waals surface area (Å²) in [5.74, 6) is 0. The molecule has 0 spiro atoms. The van der Waals surface area contributed by atoms with Crippen LogP contribution in [0.4, 0.5) is 0 Å². The van der Waals surface area contributed by atoms with E-state index in [0.717, 1.165) is 18.0 Å². The molecule has 0 saturated heterocycles. The first-order valence-electron chi connectivity index (χ1n) is 3.01. The third-order valence-electron chi connectivity index (χ3n) is 1.14. The van der Waals surface area contributed by atoms with E-state index in [9.17, 15) is 0 Å². The number of nitrogens with zero attached hydrogens (tertiary/aromatic N) is 2. The molecule has 2 heteroatoms. The van der Waals surface area contributed by atoms with Crippen molar-refractivity contribution in [2.24, 2.45) is 9.98 Å². The van der Waals surface area contributed by atoms with Gasteiger partial charge in [0.25, 0.3) is 0 Å². The number of hydrogen-bond acceptors (Lipinski definition) is 2. The highest BCUT2D eigenvalue weighted by Crippen LogP contribution is 1.97. The van der Waals surface area contributed by atoms with Crippen LogP contribution in [0.5, 0.6) is 0 Å². The van der Waals surface area contributed by atoms with Gasteiger partial charge in [-0.15, -0.1) is 0 Å². The van der Waals surface area contributed by atoms with Gasteiger partial charge in [0.2, 0.25) is 0 Å². The van der Waals surface area contributed by atoms with Crippen molar-refractivity contribution in [3.63, 3.8) is 0 Å². The lowest BCUT2D eigenvalue weighted by molar-refractivity contribution is 1.30. The summed E-state index contributed by atoms with van der Waals surface area (Å²) in [5, 5.41) is 0. The molecule has 0 amide bonds. The van der Waals surface area contributed by atoms with Crippen LogP contribution in [-0.2, 0) is 0 Å². The van der Waals surface area contributed by atoms with Gasteiger partial charge in [0.05, 0.1) is 6.54 Å². The molecule has 48 valence electrons. The van der Waals surface area contributed by atoms with E-state index in [4.69, 9.17) is 0 Å². The Morgan fingerprint density at radius 2 is 2.22 bits per heavy atom. The van der Waals surface area contributed by atoms with Crippen molar-refractivity contribution < 1.29 is 0 Å². The molecule has 0 bridgehead atoms. The van der Waals surface area contributed by atoms with Crippen LogP contribution >= 0.6 is 0 Å². The maximum Gasteiger partial charge on any atom is 0.0745 e. The van der Waals surface area contributed by atoms with Gasteiger partial charge < -0.3 is 0 Å². The fourth-order valence-electron chi connectivity index (χ4n) is 0.755. The molecule has 0 atom stereocenters. The maximum absolute atomic E-state index is 4.16. The van der Waals surface area contributed by atoms with Gasteiger partial charge in [0.15, 0.2) is 0 Å². The Balaban J connectivity index is 2.82. The van der Waals surface area contributed by atoms with Crippen LogP contribution < -0.4 is 0 Å². The largest absolute Gasteiger partial charge is 0.284 e. The molecular formula is C7H10N2. The minimum Gasteiger partial charge on any atom is -0.284 e. The molecule has 0 saturated carbocycles. The van der Waals surface area contributed by atoms with Crippen LogP contribution in [0.15, 0.2) is 21.8 Å². The molecule has 1 rings (SSSR count). The summed E-state index contributed by atoms with van der Waals surface area (Å²) in [6.45, 7) is 4.68. The van der Waals surface area contributed by atoms with E-state index in [0.29, 0.717) is 0 Å². The Bertz CT molecular complexity index is 187. The van der Waals surface area contributed by atoms with Crippen molar-refractivity contribution in [3.8, 4) is 0 Å². The molecule has 1 aliphatic rings. The second-order valence-corrected chi connectivity index (χ2v) is 2.08. The van der Waals surface area contributed by atoms with E-state index in [1.807, 2.05) is 26.1 Å². The van der Waals surface area contributed by atoms with Crippen molar-refractivity contribution in [1.82, 2.24) is 0 Å². The average Bonchev–Trinajstić information content (AvgIpc) is 1.93. The second-order valence-electron chi connectivity index (χ2n) is 2.08. The standard InChI is InChI=1S/C7H10N2/c1-6-5-7(2)9-4-3-8-6/h3,5H,4H2,1-2H3. The highest BCUT2D eigenvalue weighted by molar-refractivity contribution is 5.95. The van der Waals surface area contributed by atoms with Gasteiger partial charge in [-0.2, -0.15) is 0 Å². The SMILES string of the molecule is CC1=CC(C)=NCC=N1. The topological polar surface area (TPSA) is 24.7 Å². The highest BCUT2D eigenvalue weighted by atomic mass is 14.8. The molecule has 0 aromatic rings. The number of allylic oxidation sites excluding steroid dienone is 2. The Hall–Kier alpha value is -0.920. The summed E-state index contributed by atoms with van der Waals surface area (Å²) in [7, 11) is 0. The van der Waals surface area contributed by atoms with Crippen molar-refractivity contribution in [3.05, 3.63) is 11.8 Å². The average molecular weight is 122 g/mol. The van der Waals surface area contributed by atoms with Gasteiger partial charge in [-0.3, -0.25) is 9.98 Å². The third-order valence-corrected chi connectivity index (χ3v) is 1.14. The van der Waals surface area contributed by atoms with Crippen molar-refractivity contribution in [1.29, 1.82) is 0 Å². The minimum absolute atomic E-state index is 0.722. The normalized spacial score (nSPS) is 18.4. The first-order valence-corrected chi connectivity index (χ1v) is 3.01. The fraction of sp³-hybridized carbons (Fsp3) is 0.429. The number of aliphatic imine (C=N–C) groups is 2. The van der Waals surface area contributed by atoms with Gasteiger partial charge in [0.1, 0.15) is 0 Å². The third kappa shape index (κ3) is 1.80. The molecule has 1 heterocycles. The number of rotatable bonds is 0. The summed E-state index contributed by atoms with van der Waals surface area (Å²) in [4.78, 5) is 8.26. The Kier molecular flexibility index (Phi) is 1.78. The first-order chi connectivity index (χ1) is 4.29. The smallest absolute Gasteiger partial charge is 0.0745 e. The molecule has 1 aliphatic heterocycles. The van der Waals surface area contributed by atoms with Crippen LogP contribution in [-0.4, -0.2) is 18.5 Å². The molecule has 0 radical (unpaired) electrons. The van der Waals surface area contributed by atoms with Gasteiger partial charge in [-0.05, 0) is 19.9 Å². The van der Waals surface area contributed by atoms with E-state index < -0.39 is 0 Å². The van der Waals surface area contributed by atoms with Crippen LogP contribution in [0, 0.1) is 0 Å². The number of hydrogen-bond donors (Lipinski definition) is 0. The quantitative estimate of drug-likeness (QED) is 0.464. The Morgan fingerprint density at radius 1 is 1.44 bits per heavy atom. The van der Waals surface area contributed by atoms with Crippen molar-refractivity contribution >= 4 is 11.9 Å². The summed E-state index contributed by atoms with van der Waals surface area (Å²) in [5.41, 5.74) is 2.10. The maximum atomic E-state index is 4.16. The van der Waals surface area contributed by atoms with E-state index in [-0.39, 0.29) is 0 Å².